The molecule has 2 saturated heterocycles. The van der Waals surface area contributed by atoms with Crippen LogP contribution in [0.5, 0.6) is 0 Å². The van der Waals surface area contributed by atoms with Crippen LogP contribution in [-0.4, -0.2) is 47.8 Å². The largest absolute Gasteiger partial charge is 0.352 e. The number of amides is 2. The summed E-state index contributed by atoms with van der Waals surface area (Å²) in [5.41, 5.74) is 2.49. The fraction of sp³-hybridized carbons (Fsp3) is 0.619. The molecule has 0 atom stereocenters. The zero-order valence-corrected chi connectivity index (χ0v) is 15.9. The van der Waals surface area contributed by atoms with Gasteiger partial charge in [0.05, 0.1) is 0 Å². The van der Waals surface area contributed by atoms with E-state index in [4.69, 9.17) is 0 Å². The van der Waals surface area contributed by atoms with Crippen LogP contribution in [0.25, 0.3) is 0 Å². The van der Waals surface area contributed by atoms with Gasteiger partial charge in [-0.1, -0.05) is 30.7 Å². The Morgan fingerprint density at radius 3 is 2.19 bits per heavy atom. The lowest BCUT2D eigenvalue weighted by Gasteiger charge is -2.30. The Hall–Kier alpha value is -1.88. The fourth-order valence-corrected chi connectivity index (χ4v) is 3.93. The molecule has 1 N–H and O–H groups in total. The summed E-state index contributed by atoms with van der Waals surface area (Å²) in [5.74, 6) is 0.253. The van der Waals surface area contributed by atoms with E-state index in [-0.39, 0.29) is 17.7 Å². The monoisotopic (exact) mass is 357 g/mol. The molecule has 5 heteroatoms. The molecule has 2 aliphatic rings. The molecular weight excluding hydrogens is 326 g/mol. The average molecular weight is 357 g/mol. The number of nitrogens with zero attached hydrogens (tertiary/aromatic N) is 2. The number of hydrogen-bond acceptors (Lipinski definition) is 3. The lowest BCUT2D eigenvalue weighted by atomic mass is 9.96. The molecule has 2 heterocycles. The maximum atomic E-state index is 12.4. The maximum absolute atomic E-state index is 12.4. The zero-order chi connectivity index (χ0) is 18.4. The number of likely N-dealkylation sites (tertiary alicyclic amines) is 2. The Morgan fingerprint density at radius 1 is 0.962 bits per heavy atom. The number of rotatable bonds is 5. The van der Waals surface area contributed by atoms with E-state index in [1.165, 1.54) is 37.9 Å². The molecule has 0 aliphatic carbocycles. The third kappa shape index (κ3) is 5.31. The molecule has 2 fully saturated rings. The number of piperidine rings is 2. The Kier molecular flexibility index (Phi) is 6.67. The minimum atomic E-state index is 0.0315. The van der Waals surface area contributed by atoms with Crippen LogP contribution in [-0.2, 0) is 22.7 Å². The quantitative estimate of drug-likeness (QED) is 0.881. The van der Waals surface area contributed by atoms with Gasteiger partial charge in [0.25, 0.3) is 0 Å². The summed E-state index contributed by atoms with van der Waals surface area (Å²) in [7, 11) is 0. The molecule has 2 amide bonds. The first-order valence-electron chi connectivity index (χ1n) is 9.95. The van der Waals surface area contributed by atoms with Crippen molar-refractivity contribution in [2.75, 3.05) is 26.2 Å². The third-order valence-electron chi connectivity index (χ3n) is 5.66. The van der Waals surface area contributed by atoms with Crippen LogP contribution >= 0.6 is 0 Å². The number of nitrogens with one attached hydrogen (secondary N) is 1. The molecule has 0 saturated carbocycles. The molecule has 1 aromatic carbocycles. The molecule has 0 bridgehead atoms. The molecule has 3 rings (SSSR count). The number of hydrogen-bond donors (Lipinski definition) is 1. The van der Waals surface area contributed by atoms with Crippen molar-refractivity contribution in [2.45, 2.75) is 52.1 Å². The minimum Gasteiger partial charge on any atom is -0.352 e. The molecule has 5 nitrogen and oxygen atoms in total. The first-order chi connectivity index (χ1) is 12.6. The van der Waals surface area contributed by atoms with Crippen molar-refractivity contribution in [1.29, 1.82) is 0 Å². The fourth-order valence-electron chi connectivity index (χ4n) is 3.93. The first kappa shape index (κ1) is 18.9. The number of carbonyl (C=O) groups is 2. The van der Waals surface area contributed by atoms with Gasteiger partial charge >= 0.3 is 0 Å². The predicted octanol–water partition coefficient (Wildman–Crippen LogP) is 2.55. The van der Waals surface area contributed by atoms with Gasteiger partial charge in [-0.3, -0.25) is 14.5 Å². The smallest absolute Gasteiger partial charge is 0.223 e. The van der Waals surface area contributed by atoms with Crippen molar-refractivity contribution in [3.05, 3.63) is 35.4 Å². The Labute approximate surface area is 156 Å². The van der Waals surface area contributed by atoms with Crippen molar-refractivity contribution >= 4 is 11.8 Å². The van der Waals surface area contributed by atoms with Gasteiger partial charge in [0.15, 0.2) is 0 Å². The Morgan fingerprint density at radius 2 is 1.58 bits per heavy atom. The van der Waals surface area contributed by atoms with Gasteiger partial charge in [-0.05, 0) is 49.9 Å². The lowest BCUT2D eigenvalue weighted by Crippen LogP contribution is -2.42. The van der Waals surface area contributed by atoms with Crippen molar-refractivity contribution in [2.24, 2.45) is 5.92 Å². The summed E-state index contributed by atoms with van der Waals surface area (Å²) in [4.78, 5) is 28.1. The van der Waals surface area contributed by atoms with Crippen LogP contribution < -0.4 is 5.32 Å². The Balaban J connectivity index is 1.41. The van der Waals surface area contributed by atoms with E-state index in [1.54, 1.807) is 6.92 Å². The molecule has 2 aliphatic heterocycles. The second-order valence-corrected chi connectivity index (χ2v) is 7.65. The van der Waals surface area contributed by atoms with Gasteiger partial charge in [-0.15, -0.1) is 0 Å². The zero-order valence-electron chi connectivity index (χ0n) is 15.9. The minimum absolute atomic E-state index is 0.0315. The van der Waals surface area contributed by atoms with Crippen molar-refractivity contribution < 1.29 is 9.59 Å². The van der Waals surface area contributed by atoms with E-state index < -0.39 is 0 Å². The van der Waals surface area contributed by atoms with E-state index in [0.717, 1.165) is 24.9 Å². The SMILES string of the molecule is CC(=O)N1CCC(C(=O)NCc2ccc(CN3CCCCC3)cc2)CC1. The van der Waals surface area contributed by atoms with E-state index in [0.29, 0.717) is 19.6 Å². The molecule has 0 aromatic heterocycles. The molecule has 1 aromatic rings. The van der Waals surface area contributed by atoms with Crippen molar-refractivity contribution in [3.63, 3.8) is 0 Å². The molecule has 26 heavy (non-hydrogen) atoms. The highest BCUT2D eigenvalue weighted by Gasteiger charge is 2.25. The highest BCUT2D eigenvalue weighted by molar-refractivity contribution is 5.79. The normalized spacial score (nSPS) is 19.3. The van der Waals surface area contributed by atoms with E-state index in [9.17, 15) is 9.59 Å². The molecule has 0 spiro atoms. The van der Waals surface area contributed by atoms with Crippen molar-refractivity contribution in [1.82, 2.24) is 15.1 Å². The van der Waals surface area contributed by atoms with Gasteiger partial charge in [0.1, 0.15) is 0 Å². The van der Waals surface area contributed by atoms with Crippen LogP contribution in [0.3, 0.4) is 0 Å². The second-order valence-electron chi connectivity index (χ2n) is 7.65. The summed E-state index contributed by atoms with van der Waals surface area (Å²) >= 11 is 0. The second kappa shape index (κ2) is 9.17. The Bertz CT molecular complexity index is 600. The lowest BCUT2D eigenvalue weighted by molar-refractivity contribution is -0.134. The summed E-state index contributed by atoms with van der Waals surface area (Å²) in [6.45, 7) is 7.00. The molecule has 142 valence electrons. The van der Waals surface area contributed by atoms with Gasteiger partial charge < -0.3 is 10.2 Å². The summed E-state index contributed by atoms with van der Waals surface area (Å²) < 4.78 is 0. The van der Waals surface area contributed by atoms with E-state index in [1.807, 2.05) is 4.90 Å². The summed E-state index contributed by atoms with van der Waals surface area (Å²) in [6, 6.07) is 8.61. The van der Waals surface area contributed by atoms with E-state index >= 15 is 0 Å². The number of carbonyl (C=O) groups excluding carboxylic acids is 2. The van der Waals surface area contributed by atoms with Crippen LogP contribution in [0.15, 0.2) is 24.3 Å². The maximum Gasteiger partial charge on any atom is 0.223 e. The first-order valence-corrected chi connectivity index (χ1v) is 9.95. The van der Waals surface area contributed by atoms with Gasteiger partial charge in [-0.2, -0.15) is 0 Å². The van der Waals surface area contributed by atoms with Crippen molar-refractivity contribution in [3.8, 4) is 0 Å². The molecule has 0 unspecified atom stereocenters. The van der Waals surface area contributed by atoms with Crippen LogP contribution in [0.4, 0.5) is 0 Å². The standard InChI is InChI=1S/C21H31N3O2/c1-17(25)24-13-9-20(10-14-24)21(26)22-15-18-5-7-19(8-6-18)16-23-11-3-2-4-12-23/h5-8,20H,2-4,9-16H2,1H3,(H,22,26). The van der Waals surface area contributed by atoms with E-state index in [2.05, 4.69) is 34.5 Å². The highest BCUT2D eigenvalue weighted by atomic mass is 16.2. The van der Waals surface area contributed by atoms with Crippen LogP contribution in [0.1, 0.15) is 50.2 Å². The average Bonchev–Trinajstić information content (AvgIpc) is 2.68. The molecule has 0 radical (unpaired) electrons. The van der Waals surface area contributed by atoms with Crippen LogP contribution in [0, 0.1) is 5.92 Å². The van der Waals surface area contributed by atoms with Gasteiger partial charge in [0.2, 0.25) is 11.8 Å². The highest BCUT2D eigenvalue weighted by Crippen LogP contribution is 2.18. The van der Waals surface area contributed by atoms with Crippen LogP contribution in [0.2, 0.25) is 0 Å². The summed E-state index contributed by atoms with van der Waals surface area (Å²) in [5, 5.41) is 3.06. The van der Waals surface area contributed by atoms with Gasteiger partial charge in [0, 0.05) is 39.0 Å². The summed E-state index contributed by atoms with van der Waals surface area (Å²) in [6.07, 6.45) is 5.52. The topological polar surface area (TPSA) is 52.7 Å². The number of benzene rings is 1. The third-order valence-corrected chi connectivity index (χ3v) is 5.66. The van der Waals surface area contributed by atoms with Gasteiger partial charge in [-0.25, -0.2) is 0 Å². The molecular formula is C21H31N3O2. The predicted molar refractivity (Wildman–Crippen MR) is 102 cm³/mol.